The summed E-state index contributed by atoms with van der Waals surface area (Å²) in [5.41, 5.74) is 6.06. The van der Waals surface area contributed by atoms with Crippen LogP contribution in [0, 0.1) is 13.8 Å². The van der Waals surface area contributed by atoms with Crippen molar-refractivity contribution >= 4 is 39.1 Å². The average molecular weight is 525 g/mol. The van der Waals surface area contributed by atoms with Gasteiger partial charge in [-0.2, -0.15) is 8.42 Å². The van der Waals surface area contributed by atoms with Gasteiger partial charge >= 0.3 is 5.97 Å². The molecule has 4 rings (SSSR count). The van der Waals surface area contributed by atoms with Crippen molar-refractivity contribution < 1.29 is 23.1 Å². The Labute approximate surface area is 215 Å². The number of hydrogen-bond acceptors (Lipinski definition) is 6. The van der Waals surface area contributed by atoms with Crippen LogP contribution >= 0.6 is 11.3 Å². The maximum absolute atomic E-state index is 13.6. The topological polar surface area (TPSA) is 96.8 Å². The average Bonchev–Trinajstić information content (AvgIpc) is 3.48. The number of hydrogen-bond donors (Lipinski definition) is 1. The van der Waals surface area contributed by atoms with Gasteiger partial charge in [-0.3, -0.25) is 4.31 Å². The molecule has 3 aromatic rings. The summed E-state index contributed by atoms with van der Waals surface area (Å²) in [4.78, 5) is 15.0. The van der Waals surface area contributed by atoms with Gasteiger partial charge in [-0.25, -0.2) is 9.78 Å². The fourth-order valence-corrected chi connectivity index (χ4v) is 6.77. The SMILES string of the molecule is C=CCN(c1cc2c(cc1OCc1ccc(/C=C/C(=O)O)cc1C)CCC2)S(=O)(=O)c1nc(C)cs1. The number of carbonyl (C=O) groups is 1. The summed E-state index contributed by atoms with van der Waals surface area (Å²) in [5, 5.41) is 10.6. The Kier molecular flexibility index (Phi) is 7.61. The van der Waals surface area contributed by atoms with E-state index in [0.29, 0.717) is 17.1 Å². The second kappa shape index (κ2) is 10.7. The molecule has 9 heteroatoms. The van der Waals surface area contributed by atoms with Crippen molar-refractivity contribution in [1.29, 1.82) is 0 Å². The summed E-state index contributed by atoms with van der Waals surface area (Å²) in [6.45, 7) is 7.79. The maximum atomic E-state index is 13.6. The number of carboxylic acid groups (broad SMARTS) is 1. The predicted molar refractivity (Wildman–Crippen MR) is 142 cm³/mol. The molecule has 0 radical (unpaired) electrons. The molecule has 0 aliphatic heterocycles. The minimum absolute atomic E-state index is 0.0362. The molecule has 36 heavy (non-hydrogen) atoms. The molecular weight excluding hydrogens is 496 g/mol. The van der Waals surface area contributed by atoms with Crippen LogP contribution in [0.5, 0.6) is 5.75 Å². The molecule has 0 bridgehead atoms. The highest BCUT2D eigenvalue weighted by Gasteiger charge is 2.30. The van der Waals surface area contributed by atoms with Crippen LogP contribution in [0.2, 0.25) is 0 Å². The van der Waals surface area contributed by atoms with Crippen LogP contribution in [-0.2, 0) is 34.3 Å². The Morgan fingerprint density at radius 2 is 1.97 bits per heavy atom. The maximum Gasteiger partial charge on any atom is 0.328 e. The number of thiazole rings is 1. The zero-order valence-corrected chi connectivity index (χ0v) is 21.9. The van der Waals surface area contributed by atoms with Crippen molar-refractivity contribution in [2.75, 3.05) is 10.8 Å². The summed E-state index contributed by atoms with van der Waals surface area (Å²) < 4.78 is 34.8. The molecule has 1 heterocycles. The van der Waals surface area contributed by atoms with E-state index in [0.717, 1.165) is 58.9 Å². The second-order valence-corrected chi connectivity index (χ2v) is 11.6. The van der Waals surface area contributed by atoms with Crippen LogP contribution in [0.4, 0.5) is 5.69 Å². The van der Waals surface area contributed by atoms with Crippen LogP contribution < -0.4 is 9.04 Å². The Morgan fingerprint density at radius 3 is 2.61 bits per heavy atom. The van der Waals surface area contributed by atoms with E-state index in [4.69, 9.17) is 9.84 Å². The van der Waals surface area contributed by atoms with Gasteiger partial charge in [0.2, 0.25) is 4.34 Å². The van der Waals surface area contributed by atoms with Crippen molar-refractivity contribution in [2.45, 2.75) is 44.1 Å². The number of ether oxygens (including phenoxy) is 1. The van der Waals surface area contributed by atoms with Gasteiger partial charge in [0.05, 0.1) is 12.2 Å². The fourth-order valence-electron chi connectivity index (χ4n) is 4.20. The van der Waals surface area contributed by atoms with E-state index in [2.05, 4.69) is 11.6 Å². The monoisotopic (exact) mass is 524 g/mol. The van der Waals surface area contributed by atoms with E-state index in [1.807, 2.05) is 37.3 Å². The largest absolute Gasteiger partial charge is 0.487 e. The van der Waals surface area contributed by atoms with Crippen LogP contribution in [0.3, 0.4) is 0 Å². The Bertz CT molecular complexity index is 1440. The predicted octanol–water partition coefficient (Wildman–Crippen LogP) is 5.31. The molecule has 1 aliphatic rings. The number of carboxylic acids is 1. The van der Waals surface area contributed by atoms with Crippen LogP contribution in [0.1, 0.15) is 39.9 Å². The Hall–Kier alpha value is -3.43. The molecule has 2 aromatic carbocycles. The van der Waals surface area contributed by atoms with E-state index in [1.165, 1.54) is 15.9 Å². The van der Waals surface area contributed by atoms with Gasteiger partial charge in [-0.15, -0.1) is 17.9 Å². The lowest BCUT2D eigenvalue weighted by atomic mass is 10.1. The molecule has 1 N–H and O–H groups in total. The smallest absolute Gasteiger partial charge is 0.328 e. The highest BCUT2D eigenvalue weighted by Crippen LogP contribution is 2.39. The first-order valence-corrected chi connectivity index (χ1v) is 13.9. The van der Waals surface area contributed by atoms with E-state index >= 15 is 0 Å². The molecule has 0 unspecified atom stereocenters. The van der Waals surface area contributed by atoms with E-state index < -0.39 is 16.0 Å². The number of aliphatic carboxylic acids is 1. The summed E-state index contributed by atoms with van der Waals surface area (Å²) in [6.07, 6.45) is 7.03. The van der Waals surface area contributed by atoms with Crippen molar-refractivity contribution in [1.82, 2.24) is 4.98 Å². The second-order valence-electron chi connectivity index (χ2n) is 8.67. The van der Waals surface area contributed by atoms with Gasteiger partial charge in [0.1, 0.15) is 12.4 Å². The summed E-state index contributed by atoms with van der Waals surface area (Å²) in [5.74, 6) is -0.514. The Morgan fingerprint density at radius 1 is 1.22 bits per heavy atom. The van der Waals surface area contributed by atoms with Gasteiger partial charge < -0.3 is 9.84 Å². The summed E-state index contributed by atoms with van der Waals surface area (Å²) in [6, 6.07) is 9.48. The summed E-state index contributed by atoms with van der Waals surface area (Å²) >= 11 is 1.10. The normalized spacial score (nSPS) is 13.1. The first-order valence-electron chi connectivity index (χ1n) is 11.5. The quantitative estimate of drug-likeness (QED) is 0.285. The third-order valence-corrected chi connectivity index (χ3v) is 9.15. The number of benzene rings is 2. The Balaban J connectivity index is 1.69. The molecule has 1 aromatic heterocycles. The van der Waals surface area contributed by atoms with Crippen LogP contribution in [0.25, 0.3) is 6.08 Å². The molecule has 0 spiro atoms. The molecule has 0 fully saturated rings. The molecule has 188 valence electrons. The number of aryl methyl sites for hydroxylation is 4. The van der Waals surface area contributed by atoms with Crippen molar-refractivity contribution in [2.24, 2.45) is 0 Å². The number of rotatable bonds is 10. The third-order valence-electron chi connectivity index (χ3n) is 6.01. The van der Waals surface area contributed by atoms with Crippen molar-refractivity contribution in [3.8, 4) is 5.75 Å². The highest BCUT2D eigenvalue weighted by molar-refractivity contribution is 7.94. The molecule has 0 amide bonds. The lowest BCUT2D eigenvalue weighted by Gasteiger charge is -2.25. The zero-order valence-electron chi connectivity index (χ0n) is 20.2. The minimum Gasteiger partial charge on any atom is -0.487 e. The molecular formula is C27H28N2O5S2. The third kappa shape index (κ3) is 5.52. The fraction of sp³-hybridized carbons (Fsp3) is 0.259. The number of anilines is 1. The molecule has 1 aliphatic carbocycles. The molecule has 7 nitrogen and oxygen atoms in total. The van der Waals surface area contributed by atoms with E-state index in [-0.39, 0.29) is 17.5 Å². The van der Waals surface area contributed by atoms with Gasteiger partial charge in [0.25, 0.3) is 10.0 Å². The van der Waals surface area contributed by atoms with Crippen molar-refractivity contribution in [3.63, 3.8) is 0 Å². The number of sulfonamides is 1. The van der Waals surface area contributed by atoms with Crippen LogP contribution in [0.15, 0.2) is 58.8 Å². The highest BCUT2D eigenvalue weighted by atomic mass is 32.2. The minimum atomic E-state index is -3.91. The standard InChI is InChI=1S/C27H28N2O5S2/c1-4-12-29(36(32,33)27-28-19(3)17-35-27)24-14-21-6-5-7-22(21)15-25(24)34-16-23-10-8-20(13-18(23)2)9-11-26(30)31/h4,8-11,13-15,17H,1,5-7,12,16H2,2-3H3,(H,30,31)/b11-9+. The van der Waals surface area contributed by atoms with Gasteiger partial charge in [0.15, 0.2) is 0 Å². The summed E-state index contributed by atoms with van der Waals surface area (Å²) in [7, 11) is -3.91. The van der Waals surface area contributed by atoms with E-state index in [9.17, 15) is 13.2 Å². The van der Waals surface area contributed by atoms with Gasteiger partial charge in [-0.05, 0) is 79.1 Å². The van der Waals surface area contributed by atoms with Crippen molar-refractivity contribution in [3.05, 3.63) is 88.0 Å². The number of fused-ring (bicyclic) bond motifs is 1. The van der Waals surface area contributed by atoms with E-state index in [1.54, 1.807) is 18.4 Å². The molecule has 0 saturated heterocycles. The van der Waals surface area contributed by atoms with Gasteiger partial charge in [-0.1, -0.05) is 24.3 Å². The number of nitrogens with zero attached hydrogens (tertiary/aromatic N) is 2. The van der Waals surface area contributed by atoms with Gasteiger partial charge in [0, 0.05) is 17.2 Å². The molecule has 0 saturated carbocycles. The van der Waals surface area contributed by atoms with Crippen LogP contribution in [-0.4, -0.2) is 31.0 Å². The lowest BCUT2D eigenvalue weighted by molar-refractivity contribution is -0.131. The zero-order chi connectivity index (χ0) is 25.9. The lowest BCUT2D eigenvalue weighted by Crippen LogP contribution is -2.31. The molecule has 0 atom stereocenters. The number of aromatic nitrogens is 1. The first-order chi connectivity index (χ1) is 17.2. The first kappa shape index (κ1) is 25.7.